The van der Waals surface area contributed by atoms with Gasteiger partial charge in [0.2, 0.25) is 5.91 Å². The summed E-state index contributed by atoms with van der Waals surface area (Å²) in [7, 11) is 0. The number of aromatic nitrogens is 3. The number of carbonyl (C=O) groups excluding carboxylic acids is 2. The smallest absolute Gasteiger partial charge is 0.241 e. The van der Waals surface area contributed by atoms with Crippen molar-refractivity contribution in [3.8, 4) is 11.1 Å². The number of nitrogens with zero attached hydrogens (tertiary/aromatic N) is 2. The number of aromatic amines is 1. The Bertz CT molecular complexity index is 941. The Kier molecular flexibility index (Phi) is 3.72. The van der Waals surface area contributed by atoms with E-state index in [4.69, 9.17) is 5.73 Å². The van der Waals surface area contributed by atoms with Crippen LogP contribution in [0.15, 0.2) is 43.0 Å². The molecule has 0 aliphatic heterocycles. The van der Waals surface area contributed by atoms with Crippen molar-refractivity contribution in [2.45, 2.75) is 6.92 Å². The molecule has 0 bridgehead atoms. The largest absolute Gasteiger partial charge is 0.366 e. The van der Waals surface area contributed by atoms with Crippen molar-refractivity contribution < 1.29 is 9.59 Å². The number of nitrogens with one attached hydrogen (secondary N) is 1. The first-order chi connectivity index (χ1) is 11.0. The summed E-state index contributed by atoms with van der Waals surface area (Å²) < 4.78 is 0. The Labute approximate surface area is 132 Å². The predicted octanol–water partition coefficient (Wildman–Crippen LogP) is 2.33. The number of carbonyl (C=O) groups is 2. The van der Waals surface area contributed by atoms with E-state index < -0.39 is 5.91 Å². The molecule has 114 valence electrons. The molecule has 0 aliphatic carbocycles. The van der Waals surface area contributed by atoms with E-state index in [0.717, 1.165) is 22.1 Å². The van der Waals surface area contributed by atoms with Crippen molar-refractivity contribution in [2.75, 3.05) is 0 Å². The van der Waals surface area contributed by atoms with Crippen LogP contribution in [0.25, 0.3) is 28.2 Å². The molecule has 0 aliphatic rings. The molecule has 3 rings (SSSR count). The third-order valence-corrected chi connectivity index (χ3v) is 3.47. The summed E-state index contributed by atoms with van der Waals surface area (Å²) in [5, 5.41) is 0.855. The molecule has 0 spiro atoms. The molecule has 3 aromatic heterocycles. The monoisotopic (exact) mass is 306 g/mol. The van der Waals surface area contributed by atoms with Gasteiger partial charge in [0.1, 0.15) is 5.65 Å². The van der Waals surface area contributed by atoms with Crippen molar-refractivity contribution in [2.24, 2.45) is 5.73 Å². The lowest BCUT2D eigenvalue weighted by Crippen LogP contribution is -2.04. The first-order valence-corrected chi connectivity index (χ1v) is 6.95. The number of hydrogen-bond donors (Lipinski definition) is 2. The van der Waals surface area contributed by atoms with Gasteiger partial charge < -0.3 is 10.7 Å². The second-order valence-electron chi connectivity index (χ2n) is 5.12. The number of amides is 1. The third-order valence-electron chi connectivity index (χ3n) is 3.47. The van der Waals surface area contributed by atoms with Crippen LogP contribution in [0.3, 0.4) is 0 Å². The molecular formula is C17H14N4O2. The molecule has 0 atom stereocenters. The van der Waals surface area contributed by atoms with Gasteiger partial charge in [-0.3, -0.25) is 14.6 Å². The van der Waals surface area contributed by atoms with Crippen LogP contribution in [0.2, 0.25) is 0 Å². The summed E-state index contributed by atoms with van der Waals surface area (Å²) >= 11 is 0. The maximum atomic E-state index is 11.5. The molecule has 23 heavy (non-hydrogen) atoms. The van der Waals surface area contributed by atoms with Gasteiger partial charge in [-0.25, -0.2) is 4.98 Å². The molecule has 1 amide bonds. The zero-order chi connectivity index (χ0) is 16.4. The SMILES string of the molecule is CC(=O)c1cncc(-c2cnc3[nH]cc(/C=C/C(N)=O)c3c2)c1. The van der Waals surface area contributed by atoms with Gasteiger partial charge in [0.05, 0.1) is 0 Å². The van der Waals surface area contributed by atoms with Gasteiger partial charge in [-0.2, -0.15) is 0 Å². The van der Waals surface area contributed by atoms with Gasteiger partial charge in [0, 0.05) is 58.5 Å². The molecule has 0 aromatic carbocycles. The van der Waals surface area contributed by atoms with E-state index in [9.17, 15) is 9.59 Å². The van der Waals surface area contributed by atoms with E-state index in [-0.39, 0.29) is 5.78 Å². The first-order valence-electron chi connectivity index (χ1n) is 6.95. The Morgan fingerprint density at radius 2 is 1.96 bits per heavy atom. The zero-order valence-corrected chi connectivity index (χ0v) is 12.4. The van der Waals surface area contributed by atoms with Crippen LogP contribution in [0.5, 0.6) is 0 Å². The molecule has 3 N–H and O–H groups in total. The minimum Gasteiger partial charge on any atom is -0.366 e. The van der Waals surface area contributed by atoms with Crippen molar-refractivity contribution >= 4 is 28.8 Å². The number of ketones is 1. The second kappa shape index (κ2) is 5.84. The van der Waals surface area contributed by atoms with Crippen LogP contribution < -0.4 is 5.73 Å². The fraction of sp³-hybridized carbons (Fsp3) is 0.0588. The highest BCUT2D eigenvalue weighted by Crippen LogP contribution is 2.25. The molecular weight excluding hydrogens is 292 g/mol. The number of primary amides is 1. The average molecular weight is 306 g/mol. The topological polar surface area (TPSA) is 102 Å². The van der Waals surface area contributed by atoms with Gasteiger partial charge in [-0.1, -0.05) is 0 Å². The van der Waals surface area contributed by atoms with Crippen LogP contribution in [0.1, 0.15) is 22.8 Å². The van der Waals surface area contributed by atoms with Gasteiger partial charge in [0.25, 0.3) is 0 Å². The molecule has 3 aromatic rings. The lowest BCUT2D eigenvalue weighted by Gasteiger charge is -2.03. The summed E-state index contributed by atoms with van der Waals surface area (Å²) in [6.07, 6.45) is 9.62. The molecule has 6 nitrogen and oxygen atoms in total. The standard InChI is InChI=1S/C17H14N4O2/c1-10(22)12-4-13(7-19-6-12)14-5-15-11(2-3-16(18)23)8-20-17(15)21-9-14/h2-9H,1H3,(H2,18,23)(H,20,21)/b3-2+. The highest BCUT2D eigenvalue weighted by Gasteiger charge is 2.08. The van der Waals surface area contributed by atoms with Crippen LogP contribution in [0, 0.1) is 0 Å². The van der Waals surface area contributed by atoms with E-state index in [1.54, 1.807) is 30.7 Å². The number of pyridine rings is 2. The van der Waals surface area contributed by atoms with E-state index in [1.165, 1.54) is 19.2 Å². The van der Waals surface area contributed by atoms with Crippen LogP contribution >= 0.6 is 0 Å². The van der Waals surface area contributed by atoms with Crippen molar-refractivity contribution in [3.63, 3.8) is 0 Å². The molecule has 0 saturated carbocycles. The highest BCUT2D eigenvalue weighted by atomic mass is 16.1. The summed E-state index contributed by atoms with van der Waals surface area (Å²) in [4.78, 5) is 33.9. The maximum Gasteiger partial charge on any atom is 0.241 e. The Morgan fingerprint density at radius 1 is 1.17 bits per heavy atom. The van der Waals surface area contributed by atoms with Gasteiger partial charge in [0.15, 0.2) is 5.78 Å². The quantitative estimate of drug-likeness (QED) is 0.570. The maximum absolute atomic E-state index is 11.5. The van der Waals surface area contributed by atoms with Gasteiger partial charge >= 0.3 is 0 Å². The highest BCUT2D eigenvalue weighted by molar-refractivity contribution is 5.97. The van der Waals surface area contributed by atoms with E-state index >= 15 is 0 Å². The number of fused-ring (bicyclic) bond motifs is 1. The average Bonchev–Trinajstić information content (AvgIpc) is 2.95. The Hall–Kier alpha value is -3.28. The first kappa shape index (κ1) is 14.6. The summed E-state index contributed by atoms with van der Waals surface area (Å²) in [6.45, 7) is 1.50. The van der Waals surface area contributed by atoms with Crippen LogP contribution in [0.4, 0.5) is 0 Å². The number of rotatable bonds is 4. The minimum atomic E-state index is -0.512. The fourth-order valence-electron chi connectivity index (χ4n) is 2.28. The van der Waals surface area contributed by atoms with Crippen LogP contribution in [-0.2, 0) is 4.79 Å². The van der Waals surface area contributed by atoms with E-state index in [0.29, 0.717) is 11.2 Å². The number of Topliss-reactive ketones (excluding diaryl/α,β-unsaturated/α-hetero) is 1. The van der Waals surface area contributed by atoms with Crippen molar-refractivity contribution in [1.29, 1.82) is 0 Å². The Balaban J connectivity index is 2.09. The minimum absolute atomic E-state index is 0.0416. The molecule has 0 saturated heterocycles. The molecule has 6 heteroatoms. The summed E-state index contributed by atoms with van der Waals surface area (Å²) in [5.74, 6) is -0.554. The third kappa shape index (κ3) is 3.01. The zero-order valence-electron chi connectivity index (χ0n) is 12.4. The molecule has 0 fully saturated rings. The fourth-order valence-corrected chi connectivity index (χ4v) is 2.28. The molecule has 3 heterocycles. The lowest BCUT2D eigenvalue weighted by atomic mass is 10.0. The number of hydrogen-bond acceptors (Lipinski definition) is 4. The summed E-state index contributed by atoms with van der Waals surface area (Å²) in [6, 6.07) is 3.71. The Morgan fingerprint density at radius 3 is 2.70 bits per heavy atom. The van der Waals surface area contributed by atoms with Crippen molar-refractivity contribution in [1.82, 2.24) is 15.0 Å². The van der Waals surface area contributed by atoms with Crippen molar-refractivity contribution in [3.05, 3.63) is 54.1 Å². The lowest BCUT2D eigenvalue weighted by molar-refractivity contribution is -0.113. The normalized spacial score (nSPS) is 11.2. The van der Waals surface area contributed by atoms with Gasteiger partial charge in [-0.15, -0.1) is 0 Å². The van der Waals surface area contributed by atoms with E-state index in [2.05, 4.69) is 15.0 Å². The van der Waals surface area contributed by atoms with Crippen LogP contribution in [-0.4, -0.2) is 26.6 Å². The second-order valence-corrected chi connectivity index (χ2v) is 5.12. The molecule has 0 radical (unpaired) electrons. The molecule has 0 unspecified atom stereocenters. The van der Waals surface area contributed by atoms with E-state index in [1.807, 2.05) is 6.07 Å². The van der Waals surface area contributed by atoms with Gasteiger partial charge in [-0.05, 0) is 25.1 Å². The number of nitrogens with two attached hydrogens (primary N) is 1. The summed E-state index contributed by atoms with van der Waals surface area (Å²) in [5.41, 5.74) is 8.82. The predicted molar refractivity (Wildman–Crippen MR) is 87.6 cm³/mol. The number of H-pyrrole nitrogens is 1.